The van der Waals surface area contributed by atoms with Crippen LogP contribution in [0.1, 0.15) is 11.6 Å². The Morgan fingerprint density at radius 2 is 0.915 bits per heavy atom. The molecule has 11 rings (SSSR count). The molecule has 1 aliphatic heterocycles. The molecule has 1 fully saturated rings. The Morgan fingerprint density at radius 3 is 1.57 bits per heavy atom. The summed E-state index contributed by atoms with van der Waals surface area (Å²) in [6.45, 7) is 1.02. The quantitative estimate of drug-likeness (QED) is 0.159. The first kappa shape index (κ1) is 25.3. The predicted molar refractivity (Wildman–Crippen MR) is 198 cm³/mol. The maximum absolute atomic E-state index is 3.60. The van der Waals surface area contributed by atoms with Gasteiger partial charge in [0.05, 0.1) is 27.8 Å². The molecule has 1 N–H and O–H groups in total. The number of nitrogens with zero attached hydrogens (tertiary/aromatic N) is 2. The van der Waals surface area contributed by atoms with Crippen LogP contribution in [-0.4, -0.2) is 15.7 Å². The molecule has 8 aromatic carbocycles. The van der Waals surface area contributed by atoms with Gasteiger partial charge in [-0.25, -0.2) is 0 Å². The first-order valence-corrected chi connectivity index (χ1v) is 16.5. The van der Waals surface area contributed by atoms with Crippen LogP contribution in [0.4, 0.5) is 0 Å². The van der Waals surface area contributed by atoms with E-state index in [9.17, 15) is 0 Å². The van der Waals surface area contributed by atoms with Crippen LogP contribution < -0.4 is 5.32 Å². The minimum absolute atomic E-state index is 0.379. The molecule has 3 nitrogen and oxygen atoms in total. The van der Waals surface area contributed by atoms with Crippen molar-refractivity contribution in [1.29, 1.82) is 0 Å². The van der Waals surface area contributed by atoms with Crippen LogP contribution in [-0.2, 0) is 0 Å². The normalized spacial score (nSPS) is 14.9. The number of para-hydroxylation sites is 3. The van der Waals surface area contributed by atoms with Crippen molar-refractivity contribution < 1.29 is 0 Å². The van der Waals surface area contributed by atoms with Crippen molar-refractivity contribution in [2.24, 2.45) is 0 Å². The van der Waals surface area contributed by atoms with Gasteiger partial charge in [0, 0.05) is 45.2 Å². The second-order valence-corrected chi connectivity index (χ2v) is 12.9. The van der Waals surface area contributed by atoms with E-state index in [-0.39, 0.29) is 0 Å². The Balaban J connectivity index is 1.37. The highest BCUT2D eigenvalue weighted by Crippen LogP contribution is 2.44. The van der Waals surface area contributed by atoms with E-state index in [1.54, 1.807) is 0 Å². The van der Waals surface area contributed by atoms with Gasteiger partial charge in [-0.2, -0.15) is 0 Å². The van der Waals surface area contributed by atoms with E-state index in [0.29, 0.717) is 6.04 Å². The van der Waals surface area contributed by atoms with E-state index in [4.69, 9.17) is 0 Å². The topological polar surface area (TPSA) is 31.8 Å². The highest BCUT2D eigenvalue weighted by atomic mass is 15.1. The third kappa shape index (κ3) is 3.49. The lowest BCUT2D eigenvalue weighted by atomic mass is 9.91. The smallest absolute Gasteiger partial charge is 0.0562 e. The van der Waals surface area contributed by atoms with Gasteiger partial charge in [-0.3, -0.25) is 0 Å². The largest absolute Gasteiger partial charge is 0.309 e. The molecule has 10 aromatic rings. The number of hydrogen-bond acceptors (Lipinski definition) is 1. The first-order valence-electron chi connectivity index (χ1n) is 16.5. The molecule has 0 bridgehead atoms. The fourth-order valence-electron chi connectivity index (χ4n) is 8.25. The molecule has 220 valence electrons. The Kier molecular flexibility index (Phi) is 5.02. The van der Waals surface area contributed by atoms with E-state index < -0.39 is 0 Å². The van der Waals surface area contributed by atoms with Crippen molar-refractivity contribution in [1.82, 2.24) is 14.5 Å². The average Bonchev–Trinajstić information content (AvgIpc) is 3.88. The molecule has 2 aromatic heterocycles. The van der Waals surface area contributed by atoms with Gasteiger partial charge in [0.25, 0.3) is 0 Å². The lowest BCUT2D eigenvalue weighted by molar-refractivity contribution is 1.07. The maximum atomic E-state index is 3.60. The zero-order valence-corrected chi connectivity index (χ0v) is 25.6. The van der Waals surface area contributed by atoms with Crippen LogP contribution in [0.25, 0.3) is 87.3 Å². The average molecular weight is 600 g/mol. The lowest BCUT2D eigenvalue weighted by Crippen LogP contribution is -2.00. The molecular weight excluding hydrogens is 571 g/mol. The molecule has 0 radical (unpaired) electrons. The molecule has 0 amide bonds. The summed E-state index contributed by atoms with van der Waals surface area (Å²) in [5.74, 6) is 0. The van der Waals surface area contributed by atoms with Gasteiger partial charge in [-0.05, 0) is 81.0 Å². The molecule has 3 heterocycles. The Labute approximate surface area is 270 Å². The number of nitrogens with one attached hydrogen (secondary N) is 1. The van der Waals surface area contributed by atoms with Crippen molar-refractivity contribution >= 4 is 75.9 Å². The monoisotopic (exact) mass is 599 g/mol. The minimum atomic E-state index is 0.379. The summed E-state index contributed by atoms with van der Waals surface area (Å²) in [7, 11) is 0. The molecule has 1 atom stereocenters. The third-order valence-corrected chi connectivity index (χ3v) is 10.4. The highest BCUT2D eigenvalue weighted by Gasteiger charge is 2.26. The number of fused-ring (bicyclic) bond motifs is 12. The number of hydrogen-bond donors (Lipinski definition) is 1. The van der Waals surface area contributed by atoms with E-state index in [0.717, 1.165) is 6.54 Å². The Bertz CT molecular complexity index is 2900. The van der Waals surface area contributed by atoms with Gasteiger partial charge in [0.15, 0.2) is 0 Å². The minimum Gasteiger partial charge on any atom is -0.309 e. The summed E-state index contributed by atoms with van der Waals surface area (Å²) in [4.78, 5) is 0. The predicted octanol–water partition coefficient (Wildman–Crippen LogP) is 11.0. The molecule has 0 saturated carbocycles. The standard InChI is InChI=1S/C44H29N3/c1-2-12-28(13-3-1)46-39-20-10-8-17-32(39)35-24-36-33-18-9-11-21-40(33)47(42(36)25-41(35)46)43-23-27(38-26-45-38)22-37-31-16-5-4-14-29(31)30-15-6-7-19-34(30)44(37)43/h1-25,38,45H,26H2. The fourth-order valence-corrected chi connectivity index (χ4v) is 8.25. The summed E-state index contributed by atoms with van der Waals surface area (Å²) >= 11 is 0. The Hall–Kier alpha value is -5.90. The zero-order valence-electron chi connectivity index (χ0n) is 25.6. The van der Waals surface area contributed by atoms with Crippen molar-refractivity contribution in [2.45, 2.75) is 6.04 Å². The Morgan fingerprint density at radius 1 is 0.404 bits per heavy atom. The summed E-state index contributed by atoms with van der Waals surface area (Å²) in [6.07, 6.45) is 0. The maximum Gasteiger partial charge on any atom is 0.0562 e. The van der Waals surface area contributed by atoms with E-state index in [2.05, 4.69) is 166 Å². The molecule has 1 aliphatic rings. The third-order valence-electron chi connectivity index (χ3n) is 10.4. The highest BCUT2D eigenvalue weighted by molar-refractivity contribution is 6.28. The van der Waals surface area contributed by atoms with Gasteiger partial charge < -0.3 is 14.5 Å². The molecule has 1 saturated heterocycles. The van der Waals surface area contributed by atoms with Crippen molar-refractivity contribution in [3.8, 4) is 11.4 Å². The summed E-state index contributed by atoms with van der Waals surface area (Å²) in [6, 6.07) is 56.5. The molecule has 1 unspecified atom stereocenters. The van der Waals surface area contributed by atoms with Crippen LogP contribution in [0.2, 0.25) is 0 Å². The number of aromatic nitrogens is 2. The summed E-state index contributed by atoms with van der Waals surface area (Å²) < 4.78 is 4.98. The number of rotatable bonds is 3. The first-order chi connectivity index (χ1) is 23.3. The van der Waals surface area contributed by atoms with Gasteiger partial charge in [-0.15, -0.1) is 0 Å². The van der Waals surface area contributed by atoms with Crippen LogP contribution in [0.5, 0.6) is 0 Å². The molecule has 0 aliphatic carbocycles. The zero-order chi connectivity index (χ0) is 30.6. The van der Waals surface area contributed by atoms with Crippen LogP contribution >= 0.6 is 0 Å². The van der Waals surface area contributed by atoms with Gasteiger partial charge in [0.1, 0.15) is 0 Å². The van der Waals surface area contributed by atoms with Crippen LogP contribution in [0, 0.1) is 0 Å². The fraction of sp³-hybridized carbons (Fsp3) is 0.0455. The van der Waals surface area contributed by atoms with Crippen molar-refractivity contribution in [3.63, 3.8) is 0 Å². The number of benzene rings is 8. The van der Waals surface area contributed by atoms with E-state index in [1.165, 1.54) is 92.9 Å². The van der Waals surface area contributed by atoms with E-state index >= 15 is 0 Å². The van der Waals surface area contributed by atoms with E-state index in [1.807, 2.05) is 0 Å². The van der Waals surface area contributed by atoms with Crippen molar-refractivity contribution in [2.75, 3.05) is 6.54 Å². The van der Waals surface area contributed by atoms with Gasteiger partial charge in [0.2, 0.25) is 0 Å². The van der Waals surface area contributed by atoms with Crippen LogP contribution in [0.3, 0.4) is 0 Å². The molecule has 3 heteroatoms. The molecule has 0 spiro atoms. The second kappa shape index (κ2) is 9.32. The van der Waals surface area contributed by atoms with Gasteiger partial charge in [-0.1, -0.05) is 103 Å². The summed E-state index contributed by atoms with van der Waals surface area (Å²) in [5.41, 5.74) is 8.64. The molecule has 47 heavy (non-hydrogen) atoms. The second-order valence-electron chi connectivity index (χ2n) is 12.9. The summed E-state index contributed by atoms with van der Waals surface area (Å²) in [5, 5.41) is 16.5. The SMILES string of the molecule is c1ccc(-n2c3ccccc3c3cc4c5ccccc5n(-c5cc(C6CN6)cc6c7ccccc7c7ccccc7c56)c4cc32)cc1. The van der Waals surface area contributed by atoms with Crippen molar-refractivity contribution in [3.05, 3.63) is 157 Å². The van der Waals surface area contributed by atoms with Crippen LogP contribution in [0.15, 0.2) is 152 Å². The van der Waals surface area contributed by atoms with Gasteiger partial charge >= 0.3 is 0 Å². The molecular formula is C44H29N3. The lowest BCUT2D eigenvalue weighted by Gasteiger charge is -2.18.